The summed E-state index contributed by atoms with van der Waals surface area (Å²) in [6, 6.07) is 3.34. The van der Waals surface area contributed by atoms with E-state index in [4.69, 9.17) is 9.47 Å². The van der Waals surface area contributed by atoms with Gasteiger partial charge in [-0.1, -0.05) is 34.6 Å². The topological polar surface area (TPSA) is 88.1 Å². The van der Waals surface area contributed by atoms with E-state index in [9.17, 15) is 23.5 Å². The van der Waals surface area contributed by atoms with Crippen LogP contribution in [-0.4, -0.2) is 53.7 Å². The van der Waals surface area contributed by atoms with Crippen LogP contribution in [0.4, 0.5) is 8.78 Å². The molecule has 1 amide bonds. The molecule has 2 N–H and O–H groups in total. The highest BCUT2D eigenvalue weighted by molar-refractivity contribution is 5.74. The molecule has 9 atom stereocenters. The summed E-state index contributed by atoms with van der Waals surface area (Å²) in [7, 11) is 0. The molecule has 7 nitrogen and oxygen atoms in total. The van der Waals surface area contributed by atoms with Crippen molar-refractivity contribution in [1.82, 2.24) is 10.2 Å². The van der Waals surface area contributed by atoms with Gasteiger partial charge in [0.25, 0.3) is 0 Å². The molecule has 0 aromatic heterocycles. The van der Waals surface area contributed by atoms with Crippen LogP contribution in [0.25, 0.3) is 0 Å². The number of benzene rings is 1. The Morgan fingerprint density at radius 3 is 2.41 bits per heavy atom. The fourth-order valence-electron chi connectivity index (χ4n) is 12.9. The molecule has 1 aromatic carbocycles. The van der Waals surface area contributed by atoms with Gasteiger partial charge in [0.1, 0.15) is 29.9 Å². The van der Waals surface area contributed by atoms with Gasteiger partial charge in [-0.15, -0.1) is 0 Å². The molecule has 3 radical (unpaired) electrons. The second-order valence-electron chi connectivity index (χ2n) is 18.0. The summed E-state index contributed by atoms with van der Waals surface area (Å²) in [6.45, 7) is 14.8. The molecule has 9 heteroatoms. The first kappa shape index (κ1) is 34.0. The van der Waals surface area contributed by atoms with Crippen LogP contribution >= 0.6 is 0 Å². The molecular weight excluding hydrogens is 626 g/mol. The number of nitrogens with one attached hydrogen (secondary N) is 1. The van der Waals surface area contributed by atoms with Crippen LogP contribution < -0.4 is 5.32 Å². The minimum absolute atomic E-state index is 0.0166. The molecule has 2 spiro atoms. The van der Waals surface area contributed by atoms with E-state index in [1.165, 1.54) is 19.1 Å². The molecule has 2 aliphatic heterocycles. The lowest BCUT2D eigenvalue weighted by Crippen LogP contribution is -2.59. The van der Waals surface area contributed by atoms with E-state index in [1.54, 1.807) is 10.8 Å². The number of aliphatic hydroxyl groups excluding tert-OH is 1. The molecule has 8 rings (SSSR count). The van der Waals surface area contributed by atoms with Gasteiger partial charge in [0.2, 0.25) is 5.91 Å². The van der Waals surface area contributed by atoms with Crippen LogP contribution in [0.15, 0.2) is 18.2 Å². The number of rotatable bonds is 6. The summed E-state index contributed by atoms with van der Waals surface area (Å²) in [4.78, 5) is 27.2. The number of carbonyl (C=O) groups is 2. The molecule has 267 valence electrons. The van der Waals surface area contributed by atoms with Gasteiger partial charge in [0, 0.05) is 49.4 Å². The van der Waals surface area contributed by atoms with Gasteiger partial charge in [-0.05, 0) is 103 Å². The standard InChI is InChI=1S/C40H53F2N2O5/c1-22-13-28(20-44(23(2)45)19-24-14-26(41)16-27(42)15-24)48-33-32(22)37(5)11-12-40-21-39(40)10-9-31(49-35(47)25-17-43-18-25)36(3,4)29(39)7-8-30(40)38(37,6)34(33)46/h14-16,22,25,29,31-32,34,43,46H,7-13,17-21H2,1-6H3/t22-,29+,31+,32+,34+,37-,38-,39-,40+/m1/s1. The number of hydrogen-bond donors (Lipinski definition) is 2. The quantitative estimate of drug-likeness (QED) is 0.332. The van der Waals surface area contributed by atoms with Gasteiger partial charge >= 0.3 is 5.97 Å². The Hall–Kier alpha value is -2.10. The van der Waals surface area contributed by atoms with E-state index < -0.39 is 23.2 Å². The summed E-state index contributed by atoms with van der Waals surface area (Å²) in [5.74, 6) is 0.687. The monoisotopic (exact) mass is 679 g/mol. The maximum absolute atomic E-state index is 14.0. The van der Waals surface area contributed by atoms with Crippen molar-refractivity contribution in [3.05, 3.63) is 53.5 Å². The smallest absolute Gasteiger partial charge is 0.311 e. The predicted octanol–water partition coefficient (Wildman–Crippen LogP) is 6.54. The Kier molecular flexibility index (Phi) is 7.77. The van der Waals surface area contributed by atoms with Crippen LogP contribution in [0.2, 0.25) is 0 Å². The van der Waals surface area contributed by atoms with Gasteiger partial charge in [0.05, 0.1) is 18.6 Å². The Labute approximate surface area is 290 Å². The maximum atomic E-state index is 14.0. The Balaban J connectivity index is 1.02. The SMILES string of the molecule is CC(=O)N(C[C]1C[C@@H](C)[C@H]2[C](O1)[C@H](O)[C@@]1(C)[C]3CC[C@H]4C(C)(C)[C@@H](OC(=O)C5CNC5)CC[C@@]45C[C@@]35CC[C@]21C)Cc1cc(F)cc(F)c1. The Morgan fingerprint density at radius 1 is 1.04 bits per heavy atom. The highest BCUT2D eigenvalue weighted by Crippen LogP contribution is 2.90. The van der Waals surface area contributed by atoms with Gasteiger partial charge in [-0.3, -0.25) is 9.59 Å². The third-order valence-corrected chi connectivity index (χ3v) is 15.5. The molecular formula is C40H53F2N2O5. The van der Waals surface area contributed by atoms with E-state index in [0.29, 0.717) is 37.1 Å². The van der Waals surface area contributed by atoms with Gasteiger partial charge in [-0.2, -0.15) is 0 Å². The van der Waals surface area contributed by atoms with Gasteiger partial charge in [-0.25, -0.2) is 8.78 Å². The number of aliphatic hydroxyl groups is 1. The van der Waals surface area contributed by atoms with E-state index in [1.807, 2.05) is 0 Å². The zero-order chi connectivity index (χ0) is 34.9. The number of hydrogen-bond acceptors (Lipinski definition) is 6. The number of carbonyl (C=O) groups excluding carboxylic acids is 2. The molecule has 5 saturated carbocycles. The number of halogens is 2. The predicted molar refractivity (Wildman–Crippen MR) is 178 cm³/mol. The second kappa shape index (κ2) is 11.2. The largest absolute Gasteiger partial charge is 0.462 e. The van der Waals surface area contributed by atoms with Crippen LogP contribution in [0.1, 0.15) is 98.5 Å². The molecule has 0 bridgehead atoms. The number of fused-ring (bicyclic) bond motifs is 4. The highest BCUT2D eigenvalue weighted by atomic mass is 19.1. The molecule has 1 aromatic rings. The van der Waals surface area contributed by atoms with Gasteiger partial charge < -0.3 is 24.8 Å². The third-order valence-electron chi connectivity index (χ3n) is 15.5. The lowest BCUT2D eigenvalue weighted by molar-refractivity contribution is -0.178. The summed E-state index contributed by atoms with van der Waals surface area (Å²) >= 11 is 0. The molecule has 49 heavy (non-hydrogen) atoms. The number of amides is 1. The highest BCUT2D eigenvalue weighted by Gasteiger charge is 2.85. The van der Waals surface area contributed by atoms with Crippen molar-refractivity contribution in [2.24, 2.45) is 50.7 Å². The summed E-state index contributed by atoms with van der Waals surface area (Å²) in [5.41, 5.74) is -0.0348. The summed E-state index contributed by atoms with van der Waals surface area (Å²) in [6.07, 6.45) is 8.58. The van der Waals surface area contributed by atoms with Crippen molar-refractivity contribution in [1.29, 1.82) is 0 Å². The van der Waals surface area contributed by atoms with Crippen LogP contribution in [-0.2, 0) is 25.6 Å². The van der Waals surface area contributed by atoms with E-state index in [-0.39, 0.29) is 70.5 Å². The van der Waals surface area contributed by atoms with Crippen molar-refractivity contribution in [2.45, 2.75) is 112 Å². The third kappa shape index (κ3) is 4.65. The molecule has 5 aliphatic carbocycles. The summed E-state index contributed by atoms with van der Waals surface area (Å²) in [5, 5.41) is 15.7. The lowest BCUT2D eigenvalue weighted by Gasteiger charge is -2.63. The number of nitrogens with zero attached hydrogens (tertiary/aromatic N) is 1. The van der Waals surface area contributed by atoms with Crippen molar-refractivity contribution in [3.8, 4) is 0 Å². The van der Waals surface area contributed by atoms with Crippen molar-refractivity contribution in [3.63, 3.8) is 0 Å². The average molecular weight is 680 g/mol. The number of ether oxygens (including phenoxy) is 2. The molecule has 2 saturated heterocycles. The minimum atomic E-state index is -0.758. The zero-order valence-corrected chi connectivity index (χ0v) is 30.0. The minimum Gasteiger partial charge on any atom is -0.462 e. The van der Waals surface area contributed by atoms with E-state index in [2.05, 4.69) is 39.9 Å². The first-order chi connectivity index (χ1) is 23.1. The van der Waals surface area contributed by atoms with E-state index in [0.717, 1.165) is 57.1 Å². The first-order valence-electron chi connectivity index (χ1n) is 18.6. The van der Waals surface area contributed by atoms with E-state index >= 15 is 0 Å². The van der Waals surface area contributed by atoms with Crippen LogP contribution in [0.3, 0.4) is 0 Å². The fourth-order valence-corrected chi connectivity index (χ4v) is 12.9. The normalized spacial score (nSPS) is 42.9. The van der Waals surface area contributed by atoms with Crippen molar-refractivity contribution < 1.29 is 33.0 Å². The maximum Gasteiger partial charge on any atom is 0.311 e. The molecule has 7 aliphatic rings. The van der Waals surface area contributed by atoms with Gasteiger partial charge in [0.15, 0.2) is 0 Å². The van der Waals surface area contributed by atoms with Crippen molar-refractivity contribution >= 4 is 11.9 Å². The zero-order valence-electron chi connectivity index (χ0n) is 30.0. The average Bonchev–Trinajstić information content (AvgIpc) is 3.61. The lowest BCUT2D eigenvalue weighted by atomic mass is 9.41. The van der Waals surface area contributed by atoms with Crippen LogP contribution in [0, 0.1) is 80.5 Å². The van der Waals surface area contributed by atoms with Crippen molar-refractivity contribution in [2.75, 3.05) is 19.6 Å². The molecule has 7 fully saturated rings. The Morgan fingerprint density at radius 2 is 1.76 bits per heavy atom. The second-order valence-corrected chi connectivity index (χ2v) is 18.0. The van der Waals surface area contributed by atoms with Crippen LogP contribution in [0.5, 0.6) is 0 Å². The molecule has 0 unspecified atom stereocenters. The molecule has 2 heterocycles. The summed E-state index contributed by atoms with van der Waals surface area (Å²) < 4.78 is 40.9. The number of esters is 1. The fraction of sp³-hybridized carbons (Fsp3) is 0.725. The Bertz CT molecular complexity index is 1510. The first-order valence-corrected chi connectivity index (χ1v) is 18.6.